The van der Waals surface area contributed by atoms with Crippen LogP contribution in [0.2, 0.25) is 0 Å². The SMILES string of the molecule is COc1ccc(C=NNc2ccc([N+](=O)[O-])cc2S(=O)(=O)N2CCOCC2)cc1. The second kappa shape index (κ2) is 8.99. The van der Waals surface area contributed by atoms with Gasteiger partial charge in [-0.25, -0.2) is 8.42 Å². The summed E-state index contributed by atoms with van der Waals surface area (Å²) in [5.41, 5.74) is 3.27. The van der Waals surface area contributed by atoms with Crippen LogP contribution in [0.3, 0.4) is 0 Å². The fourth-order valence-electron chi connectivity index (χ4n) is 2.72. The van der Waals surface area contributed by atoms with Gasteiger partial charge in [0.1, 0.15) is 10.6 Å². The lowest BCUT2D eigenvalue weighted by molar-refractivity contribution is -0.385. The number of sulfonamides is 1. The molecule has 1 aliphatic rings. The molecule has 10 nitrogen and oxygen atoms in total. The van der Waals surface area contributed by atoms with Crippen molar-refractivity contribution < 1.29 is 22.8 Å². The third-order valence-electron chi connectivity index (χ3n) is 4.28. The molecule has 1 aliphatic heterocycles. The van der Waals surface area contributed by atoms with Crippen molar-refractivity contribution in [2.24, 2.45) is 5.10 Å². The van der Waals surface area contributed by atoms with Crippen LogP contribution in [0.1, 0.15) is 5.56 Å². The first-order chi connectivity index (χ1) is 13.9. The summed E-state index contributed by atoms with van der Waals surface area (Å²) in [4.78, 5) is 10.3. The number of nitrogens with one attached hydrogen (secondary N) is 1. The number of non-ortho nitro benzene ring substituents is 1. The van der Waals surface area contributed by atoms with E-state index in [4.69, 9.17) is 9.47 Å². The van der Waals surface area contributed by atoms with Crippen LogP contribution >= 0.6 is 0 Å². The summed E-state index contributed by atoms with van der Waals surface area (Å²) in [6.45, 7) is 0.901. The van der Waals surface area contributed by atoms with E-state index in [1.807, 2.05) is 0 Å². The summed E-state index contributed by atoms with van der Waals surface area (Å²) in [5.74, 6) is 0.698. The first kappa shape index (κ1) is 20.7. The lowest BCUT2D eigenvalue weighted by Crippen LogP contribution is -2.40. The van der Waals surface area contributed by atoms with Crippen LogP contribution in [-0.4, -0.2) is 57.3 Å². The van der Waals surface area contributed by atoms with Gasteiger partial charge in [-0.05, 0) is 35.9 Å². The van der Waals surface area contributed by atoms with Crippen molar-refractivity contribution in [3.8, 4) is 5.75 Å². The molecule has 0 unspecified atom stereocenters. The molecule has 0 spiro atoms. The molecule has 0 bridgehead atoms. The summed E-state index contributed by atoms with van der Waals surface area (Å²) in [5, 5.41) is 15.2. The number of nitro benzene ring substituents is 1. The Labute approximate surface area is 167 Å². The highest BCUT2D eigenvalue weighted by molar-refractivity contribution is 7.89. The monoisotopic (exact) mass is 420 g/mol. The number of hydrazone groups is 1. The Hall–Kier alpha value is -3.02. The molecule has 29 heavy (non-hydrogen) atoms. The van der Waals surface area contributed by atoms with Crippen LogP contribution in [-0.2, 0) is 14.8 Å². The first-order valence-electron chi connectivity index (χ1n) is 8.71. The van der Waals surface area contributed by atoms with Gasteiger partial charge in [0.15, 0.2) is 0 Å². The fourth-order valence-corrected chi connectivity index (χ4v) is 4.29. The number of anilines is 1. The maximum absolute atomic E-state index is 13.0. The van der Waals surface area contributed by atoms with Gasteiger partial charge < -0.3 is 9.47 Å². The molecule has 1 N–H and O–H groups in total. The maximum atomic E-state index is 13.0. The van der Waals surface area contributed by atoms with Crippen molar-refractivity contribution in [2.75, 3.05) is 38.8 Å². The molecular weight excluding hydrogens is 400 g/mol. The molecule has 0 saturated carbocycles. The number of nitro groups is 1. The van der Waals surface area contributed by atoms with E-state index in [9.17, 15) is 18.5 Å². The topological polar surface area (TPSA) is 123 Å². The number of methoxy groups -OCH3 is 1. The summed E-state index contributed by atoms with van der Waals surface area (Å²) in [7, 11) is -2.39. The highest BCUT2D eigenvalue weighted by Gasteiger charge is 2.30. The highest BCUT2D eigenvalue weighted by atomic mass is 32.2. The van der Waals surface area contributed by atoms with Gasteiger partial charge in [0.05, 0.1) is 37.1 Å². The second-order valence-corrected chi connectivity index (χ2v) is 8.00. The lowest BCUT2D eigenvalue weighted by atomic mass is 10.2. The van der Waals surface area contributed by atoms with E-state index in [-0.39, 0.29) is 42.6 Å². The molecule has 2 aromatic rings. The minimum absolute atomic E-state index is 0.145. The Kier molecular flexibility index (Phi) is 6.42. The molecule has 154 valence electrons. The number of rotatable bonds is 7. The number of nitrogens with zero attached hydrogens (tertiary/aromatic N) is 3. The molecule has 0 amide bonds. The number of benzene rings is 2. The van der Waals surface area contributed by atoms with Crippen LogP contribution in [0.5, 0.6) is 5.75 Å². The summed E-state index contributed by atoms with van der Waals surface area (Å²) in [6.07, 6.45) is 1.51. The normalized spacial score (nSPS) is 15.3. The van der Waals surface area contributed by atoms with Gasteiger partial charge in [0.25, 0.3) is 5.69 Å². The molecular formula is C18H20N4O6S. The molecule has 11 heteroatoms. The Balaban J connectivity index is 1.89. The molecule has 0 aromatic heterocycles. The smallest absolute Gasteiger partial charge is 0.270 e. The molecule has 0 aliphatic carbocycles. The van der Waals surface area contributed by atoms with E-state index in [0.717, 1.165) is 11.6 Å². The Morgan fingerprint density at radius 2 is 1.90 bits per heavy atom. The van der Waals surface area contributed by atoms with E-state index < -0.39 is 14.9 Å². The summed E-state index contributed by atoms with van der Waals surface area (Å²) in [6, 6.07) is 10.7. The Morgan fingerprint density at radius 1 is 1.21 bits per heavy atom. The molecule has 3 rings (SSSR count). The predicted octanol–water partition coefficient (Wildman–Crippen LogP) is 2.07. The predicted molar refractivity (Wildman–Crippen MR) is 107 cm³/mol. The number of ether oxygens (including phenoxy) is 2. The van der Waals surface area contributed by atoms with Crippen LogP contribution in [0, 0.1) is 10.1 Å². The van der Waals surface area contributed by atoms with Crippen molar-refractivity contribution in [3.05, 3.63) is 58.1 Å². The van der Waals surface area contributed by atoms with Crippen molar-refractivity contribution in [1.82, 2.24) is 4.31 Å². The quantitative estimate of drug-likeness (QED) is 0.413. The van der Waals surface area contributed by atoms with Crippen LogP contribution in [0.15, 0.2) is 52.5 Å². The van der Waals surface area contributed by atoms with Gasteiger partial charge >= 0.3 is 0 Å². The van der Waals surface area contributed by atoms with Gasteiger partial charge in [-0.3, -0.25) is 15.5 Å². The Bertz CT molecular complexity index is 1000. The summed E-state index contributed by atoms with van der Waals surface area (Å²) >= 11 is 0. The number of hydrogen-bond donors (Lipinski definition) is 1. The van der Waals surface area contributed by atoms with Gasteiger partial charge in [-0.1, -0.05) is 0 Å². The molecule has 0 radical (unpaired) electrons. The largest absolute Gasteiger partial charge is 0.497 e. The maximum Gasteiger partial charge on any atom is 0.270 e. The lowest BCUT2D eigenvalue weighted by Gasteiger charge is -2.26. The molecule has 1 heterocycles. The van der Waals surface area contributed by atoms with Crippen LogP contribution in [0.25, 0.3) is 0 Å². The molecule has 1 fully saturated rings. The molecule has 0 atom stereocenters. The third-order valence-corrected chi connectivity index (χ3v) is 6.22. The minimum atomic E-state index is -3.96. The van der Waals surface area contributed by atoms with Crippen molar-refractivity contribution >= 4 is 27.6 Å². The average molecular weight is 420 g/mol. The fraction of sp³-hybridized carbons (Fsp3) is 0.278. The van der Waals surface area contributed by atoms with Crippen LogP contribution < -0.4 is 10.2 Å². The third kappa shape index (κ3) is 4.88. The van der Waals surface area contributed by atoms with E-state index in [1.165, 1.54) is 22.7 Å². The first-order valence-corrected chi connectivity index (χ1v) is 10.2. The van der Waals surface area contributed by atoms with Gasteiger partial charge in [-0.2, -0.15) is 9.41 Å². The van der Waals surface area contributed by atoms with Gasteiger partial charge in [-0.15, -0.1) is 0 Å². The summed E-state index contributed by atoms with van der Waals surface area (Å²) < 4.78 is 37.6. The van der Waals surface area contributed by atoms with Gasteiger partial charge in [0, 0.05) is 25.2 Å². The zero-order valence-electron chi connectivity index (χ0n) is 15.6. The van der Waals surface area contributed by atoms with E-state index in [1.54, 1.807) is 31.4 Å². The number of hydrogen-bond acceptors (Lipinski definition) is 8. The highest BCUT2D eigenvalue weighted by Crippen LogP contribution is 2.29. The molecule has 1 saturated heterocycles. The average Bonchev–Trinajstić information content (AvgIpc) is 2.75. The van der Waals surface area contributed by atoms with Crippen molar-refractivity contribution in [3.63, 3.8) is 0 Å². The van der Waals surface area contributed by atoms with E-state index in [2.05, 4.69) is 10.5 Å². The second-order valence-electron chi connectivity index (χ2n) is 6.10. The number of morpholine rings is 1. The standard InChI is InChI=1S/C18H20N4O6S/c1-27-16-5-2-14(3-6-16)13-19-20-17-7-4-15(22(23)24)12-18(17)29(25,26)21-8-10-28-11-9-21/h2-7,12-13,20H,8-11H2,1H3. The van der Waals surface area contributed by atoms with E-state index >= 15 is 0 Å². The molecule has 2 aromatic carbocycles. The van der Waals surface area contributed by atoms with Crippen molar-refractivity contribution in [2.45, 2.75) is 4.90 Å². The Morgan fingerprint density at radius 3 is 2.52 bits per heavy atom. The van der Waals surface area contributed by atoms with Crippen molar-refractivity contribution in [1.29, 1.82) is 0 Å². The van der Waals surface area contributed by atoms with Crippen LogP contribution in [0.4, 0.5) is 11.4 Å². The zero-order chi connectivity index (χ0) is 20.9. The zero-order valence-corrected chi connectivity index (χ0v) is 16.5. The van der Waals surface area contributed by atoms with Gasteiger partial charge in [0.2, 0.25) is 10.0 Å². The van der Waals surface area contributed by atoms with E-state index in [0.29, 0.717) is 5.75 Å². The minimum Gasteiger partial charge on any atom is -0.497 e.